The second kappa shape index (κ2) is 13.5. The number of fused-ring (bicyclic) bond motifs is 1. The van der Waals surface area contributed by atoms with E-state index in [-0.39, 0.29) is 30.5 Å². The van der Waals surface area contributed by atoms with Crippen LogP contribution in [-0.2, 0) is 38.8 Å². The van der Waals surface area contributed by atoms with E-state index in [1.165, 1.54) is 11.3 Å². The minimum absolute atomic E-state index is 0.0268. The highest BCUT2D eigenvalue weighted by atomic mass is 16.6. The van der Waals surface area contributed by atoms with E-state index in [1.807, 2.05) is 42.5 Å². The first kappa shape index (κ1) is 27.7. The summed E-state index contributed by atoms with van der Waals surface area (Å²) in [6.07, 6.45) is 0.208. The molecular weight excluding hydrogens is 510 g/mol. The van der Waals surface area contributed by atoms with Crippen LogP contribution < -0.4 is 4.90 Å². The van der Waals surface area contributed by atoms with Crippen molar-refractivity contribution in [2.24, 2.45) is 0 Å². The molecule has 0 radical (unpaired) electrons. The molecule has 0 saturated carbocycles. The van der Waals surface area contributed by atoms with E-state index in [0.29, 0.717) is 26.4 Å². The van der Waals surface area contributed by atoms with Gasteiger partial charge in [0, 0.05) is 12.2 Å². The first-order chi connectivity index (χ1) is 20.2. The number of rotatable bonds is 11. The van der Waals surface area contributed by atoms with Gasteiger partial charge in [0.1, 0.15) is 18.3 Å². The van der Waals surface area contributed by atoms with Gasteiger partial charge in [-0.25, -0.2) is 0 Å². The van der Waals surface area contributed by atoms with Crippen molar-refractivity contribution in [3.63, 3.8) is 0 Å². The number of nitrogens with zero attached hydrogens (tertiary/aromatic N) is 1. The molecule has 4 aromatic carbocycles. The van der Waals surface area contributed by atoms with Gasteiger partial charge < -0.3 is 23.8 Å². The van der Waals surface area contributed by atoms with Gasteiger partial charge in [-0.3, -0.25) is 0 Å². The molecule has 0 N–H and O–H groups in total. The Morgan fingerprint density at radius 2 is 1.20 bits per heavy atom. The van der Waals surface area contributed by atoms with Crippen LogP contribution in [0.5, 0.6) is 0 Å². The second-order valence-corrected chi connectivity index (χ2v) is 11.0. The van der Waals surface area contributed by atoms with E-state index in [2.05, 4.69) is 84.6 Å². The van der Waals surface area contributed by atoms with Gasteiger partial charge in [0.15, 0.2) is 0 Å². The zero-order valence-corrected chi connectivity index (χ0v) is 23.7. The fourth-order valence-electron chi connectivity index (χ4n) is 6.00. The van der Waals surface area contributed by atoms with Crippen molar-refractivity contribution in [1.29, 1.82) is 0 Å². The fourth-order valence-corrected chi connectivity index (χ4v) is 6.00. The summed E-state index contributed by atoms with van der Waals surface area (Å²) >= 11 is 0. The van der Waals surface area contributed by atoms with E-state index < -0.39 is 0 Å². The Morgan fingerprint density at radius 1 is 0.659 bits per heavy atom. The third-order valence-corrected chi connectivity index (χ3v) is 8.10. The van der Waals surface area contributed by atoms with Crippen LogP contribution in [0.2, 0.25) is 0 Å². The van der Waals surface area contributed by atoms with Gasteiger partial charge in [0.25, 0.3) is 0 Å². The lowest BCUT2D eigenvalue weighted by Crippen LogP contribution is -2.62. The summed E-state index contributed by atoms with van der Waals surface area (Å²) < 4.78 is 26.7. The SMILES string of the molecule is Cc1ccc(N2CCC3OC(COCc4ccccc4)C(OCc4ccccc4)C(OCc4ccccc4)C32)cc1. The summed E-state index contributed by atoms with van der Waals surface area (Å²) in [5.74, 6) is 0. The van der Waals surface area contributed by atoms with Crippen LogP contribution in [0.3, 0.4) is 0 Å². The first-order valence-corrected chi connectivity index (χ1v) is 14.7. The smallest absolute Gasteiger partial charge is 0.115 e. The molecule has 2 heterocycles. The van der Waals surface area contributed by atoms with Crippen LogP contribution in [0.25, 0.3) is 0 Å². The molecule has 0 amide bonds. The van der Waals surface area contributed by atoms with E-state index in [4.69, 9.17) is 18.9 Å². The molecule has 2 fully saturated rings. The summed E-state index contributed by atoms with van der Waals surface area (Å²) in [6.45, 7) is 5.00. The summed E-state index contributed by atoms with van der Waals surface area (Å²) in [4.78, 5) is 2.46. The highest BCUT2D eigenvalue weighted by molar-refractivity contribution is 5.50. The predicted octanol–water partition coefficient (Wildman–Crippen LogP) is 6.73. The zero-order valence-electron chi connectivity index (χ0n) is 23.7. The molecule has 2 aliphatic heterocycles. The molecule has 5 heteroatoms. The molecule has 2 aliphatic rings. The van der Waals surface area contributed by atoms with Crippen LogP contribution in [0.4, 0.5) is 5.69 Å². The standard InChI is InChI=1S/C36H39NO4/c1-27-17-19-31(20-18-27)37-22-21-32-34(37)36(40-25-30-15-9-4-10-16-30)35(39-24-29-13-7-3-8-14-29)33(41-32)26-38-23-28-11-5-2-6-12-28/h2-20,32-36H,21-26H2,1H3. The number of aryl methyl sites for hydroxylation is 1. The van der Waals surface area contributed by atoms with Gasteiger partial charge in [-0.1, -0.05) is 109 Å². The van der Waals surface area contributed by atoms with Gasteiger partial charge in [-0.05, 0) is 42.2 Å². The quantitative estimate of drug-likeness (QED) is 0.208. The van der Waals surface area contributed by atoms with Crippen molar-refractivity contribution < 1.29 is 18.9 Å². The summed E-state index contributed by atoms with van der Waals surface area (Å²) in [6, 6.07) is 39.8. The molecule has 5 unspecified atom stereocenters. The van der Waals surface area contributed by atoms with Crippen molar-refractivity contribution in [3.05, 3.63) is 138 Å². The Bertz CT molecular complexity index is 1330. The Kier molecular flexibility index (Phi) is 9.08. The minimum atomic E-state index is -0.304. The maximum Gasteiger partial charge on any atom is 0.115 e. The summed E-state index contributed by atoms with van der Waals surface area (Å²) in [7, 11) is 0. The predicted molar refractivity (Wildman–Crippen MR) is 162 cm³/mol. The first-order valence-electron chi connectivity index (χ1n) is 14.7. The fraction of sp³-hybridized carbons (Fsp3) is 0.333. The van der Waals surface area contributed by atoms with Gasteiger partial charge in [0.05, 0.1) is 38.6 Å². The van der Waals surface area contributed by atoms with Gasteiger partial charge in [-0.2, -0.15) is 0 Å². The zero-order chi connectivity index (χ0) is 27.9. The maximum absolute atomic E-state index is 6.85. The Morgan fingerprint density at radius 3 is 1.78 bits per heavy atom. The molecule has 0 aliphatic carbocycles. The van der Waals surface area contributed by atoms with E-state index in [1.54, 1.807) is 0 Å². The normalized spacial score (nSPS) is 23.8. The van der Waals surface area contributed by atoms with E-state index in [0.717, 1.165) is 29.7 Å². The highest BCUT2D eigenvalue weighted by Crippen LogP contribution is 2.38. The third-order valence-electron chi connectivity index (χ3n) is 8.10. The molecule has 6 rings (SSSR count). The number of hydrogen-bond donors (Lipinski definition) is 0. The lowest BCUT2D eigenvalue weighted by atomic mass is 9.92. The van der Waals surface area contributed by atoms with Gasteiger partial charge in [-0.15, -0.1) is 0 Å². The minimum Gasteiger partial charge on any atom is -0.374 e. The molecule has 41 heavy (non-hydrogen) atoms. The van der Waals surface area contributed by atoms with Crippen LogP contribution in [0.15, 0.2) is 115 Å². The van der Waals surface area contributed by atoms with Gasteiger partial charge >= 0.3 is 0 Å². The van der Waals surface area contributed by atoms with Crippen LogP contribution in [0, 0.1) is 6.92 Å². The Hall–Kier alpha value is -3.48. The monoisotopic (exact) mass is 549 g/mol. The Balaban J connectivity index is 1.28. The second-order valence-electron chi connectivity index (χ2n) is 11.0. The van der Waals surface area contributed by atoms with Crippen molar-refractivity contribution in [2.75, 3.05) is 18.1 Å². The van der Waals surface area contributed by atoms with Crippen molar-refractivity contribution >= 4 is 5.69 Å². The lowest BCUT2D eigenvalue weighted by molar-refractivity contribution is -0.222. The molecule has 0 spiro atoms. The Labute approximate surface area is 243 Å². The average molecular weight is 550 g/mol. The van der Waals surface area contributed by atoms with Crippen LogP contribution in [-0.4, -0.2) is 43.6 Å². The molecule has 212 valence electrons. The summed E-state index contributed by atoms with van der Waals surface area (Å²) in [5.41, 5.74) is 5.86. The molecule has 5 atom stereocenters. The van der Waals surface area contributed by atoms with Crippen molar-refractivity contribution in [3.8, 4) is 0 Å². The third kappa shape index (κ3) is 6.88. The van der Waals surface area contributed by atoms with Crippen LogP contribution in [0.1, 0.15) is 28.7 Å². The molecule has 2 saturated heterocycles. The number of benzene rings is 4. The average Bonchev–Trinajstić information content (AvgIpc) is 3.45. The highest BCUT2D eigenvalue weighted by Gasteiger charge is 2.52. The molecular formula is C36H39NO4. The molecule has 0 aromatic heterocycles. The van der Waals surface area contributed by atoms with Crippen molar-refractivity contribution in [2.45, 2.75) is 63.6 Å². The van der Waals surface area contributed by atoms with Gasteiger partial charge in [0.2, 0.25) is 0 Å². The lowest BCUT2D eigenvalue weighted by Gasteiger charge is -2.47. The largest absolute Gasteiger partial charge is 0.374 e. The van der Waals surface area contributed by atoms with Crippen LogP contribution >= 0.6 is 0 Å². The molecule has 5 nitrogen and oxygen atoms in total. The molecule has 4 aromatic rings. The maximum atomic E-state index is 6.85. The van der Waals surface area contributed by atoms with Crippen molar-refractivity contribution in [1.82, 2.24) is 0 Å². The van der Waals surface area contributed by atoms with E-state index >= 15 is 0 Å². The molecule has 0 bridgehead atoms. The van der Waals surface area contributed by atoms with E-state index in [9.17, 15) is 0 Å². The number of hydrogen-bond acceptors (Lipinski definition) is 5. The number of ether oxygens (including phenoxy) is 4. The topological polar surface area (TPSA) is 40.2 Å². The summed E-state index contributed by atoms with van der Waals surface area (Å²) in [5, 5.41) is 0. The number of anilines is 1.